The van der Waals surface area contributed by atoms with E-state index in [-0.39, 0.29) is 17.8 Å². The molecule has 19 heavy (non-hydrogen) atoms. The van der Waals surface area contributed by atoms with Crippen LogP contribution in [0.15, 0.2) is 4.21 Å². The maximum Gasteiger partial charge on any atom is 0.254 e. The first-order chi connectivity index (χ1) is 8.28. The summed E-state index contributed by atoms with van der Waals surface area (Å²) in [7, 11) is -3.40. The van der Waals surface area contributed by atoms with E-state index in [0.717, 1.165) is 11.4 Å². The lowest BCUT2D eigenvalue weighted by atomic mass is 9.90. The van der Waals surface area contributed by atoms with E-state index in [1.807, 2.05) is 13.8 Å². The number of hydrogen-bond acceptors (Lipinski definition) is 5. The minimum Gasteiger partial charge on any atom is -0.330 e. The van der Waals surface area contributed by atoms with Crippen molar-refractivity contribution < 1.29 is 8.42 Å². The lowest BCUT2D eigenvalue weighted by Gasteiger charge is -2.22. The third kappa shape index (κ3) is 3.11. The minimum atomic E-state index is -3.40. The summed E-state index contributed by atoms with van der Waals surface area (Å²) in [4.78, 5) is 4.19. The number of rotatable bonds is 3. The van der Waals surface area contributed by atoms with Crippen molar-refractivity contribution in [1.29, 1.82) is 0 Å². The molecule has 0 amide bonds. The highest BCUT2D eigenvalue weighted by Crippen LogP contribution is 2.34. The van der Waals surface area contributed by atoms with Gasteiger partial charge in [-0.05, 0) is 32.2 Å². The summed E-state index contributed by atoms with van der Waals surface area (Å²) in [5.41, 5.74) is 6.21. The van der Waals surface area contributed by atoms with Crippen LogP contribution >= 0.6 is 23.7 Å². The van der Waals surface area contributed by atoms with Crippen LogP contribution in [0.25, 0.3) is 0 Å². The van der Waals surface area contributed by atoms with Crippen molar-refractivity contribution in [2.24, 2.45) is 11.1 Å². The summed E-state index contributed by atoms with van der Waals surface area (Å²) in [5.74, 6) is 0. The number of aryl methyl sites for hydroxylation is 2. The Labute approximate surface area is 124 Å². The van der Waals surface area contributed by atoms with Crippen molar-refractivity contribution in [3.8, 4) is 0 Å². The molecule has 1 atom stereocenters. The summed E-state index contributed by atoms with van der Waals surface area (Å²) in [6, 6.07) is 0. The zero-order valence-electron chi connectivity index (χ0n) is 11.3. The number of hydrogen-bond donors (Lipinski definition) is 1. The predicted octanol–water partition coefficient (Wildman–Crippen LogP) is 1.54. The van der Waals surface area contributed by atoms with E-state index in [2.05, 4.69) is 4.98 Å². The molecule has 0 spiro atoms. The fourth-order valence-electron chi connectivity index (χ4n) is 2.22. The molecule has 1 fully saturated rings. The van der Waals surface area contributed by atoms with Gasteiger partial charge in [0, 0.05) is 13.1 Å². The van der Waals surface area contributed by atoms with Gasteiger partial charge < -0.3 is 5.73 Å². The molecule has 0 aliphatic carbocycles. The van der Waals surface area contributed by atoms with E-state index in [1.54, 1.807) is 11.2 Å². The molecule has 1 saturated heterocycles. The number of aromatic nitrogens is 1. The van der Waals surface area contributed by atoms with Gasteiger partial charge >= 0.3 is 0 Å². The van der Waals surface area contributed by atoms with Crippen molar-refractivity contribution in [2.75, 3.05) is 19.6 Å². The predicted molar refractivity (Wildman–Crippen MR) is 79.4 cm³/mol. The Balaban J connectivity index is 0.00000180. The van der Waals surface area contributed by atoms with Gasteiger partial charge in [-0.2, -0.15) is 4.31 Å². The lowest BCUT2D eigenvalue weighted by Crippen LogP contribution is -2.34. The highest BCUT2D eigenvalue weighted by Gasteiger charge is 2.40. The second kappa shape index (κ2) is 5.65. The number of sulfonamides is 1. The zero-order chi connectivity index (χ0) is 13.6. The summed E-state index contributed by atoms with van der Waals surface area (Å²) < 4.78 is 27.0. The van der Waals surface area contributed by atoms with Gasteiger partial charge in [0.15, 0.2) is 4.21 Å². The molecule has 0 saturated carbocycles. The molecule has 0 aromatic carbocycles. The Kier molecular flexibility index (Phi) is 5.01. The van der Waals surface area contributed by atoms with Gasteiger partial charge in [0.05, 0.1) is 10.7 Å². The van der Waals surface area contributed by atoms with Crippen molar-refractivity contribution in [3.05, 3.63) is 10.7 Å². The molecular formula is C11H20ClN3O2S2. The Morgan fingerprint density at radius 1 is 1.47 bits per heavy atom. The standard InChI is InChI=1S/C11H19N3O2S2.ClH/c1-8-10(17-9(2)13-8)18(15,16)14-5-4-11(3,6-12)7-14;/h4-7,12H2,1-3H3;1H. The van der Waals surface area contributed by atoms with Crippen molar-refractivity contribution in [1.82, 2.24) is 9.29 Å². The number of thiazole rings is 1. The molecule has 2 N–H and O–H groups in total. The van der Waals surface area contributed by atoms with Gasteiger partial charge in [-0.3, -0.25) is 0 Å². The first-order valence-electron chi connectivity index (χ1n) is 5.93. The largest absolute Gasteiger partial charge is 0.330 e. The molecule has 1 aromatic rings. The zero-order valence-corrected chi connectivity index (χ0v) is 13.8. The Hall–Kier alpha value is -0.210. The summed E-state index contributed by atoms with van der Waals surface area (Å²) in [6.45, 7) is 7.17. The Bertz CT molecular complexity index is 558. The van der Waals surface area contributed by atoms with Crippen LogP contribution in [0, 0.1) is 19.3 Å². The molecule has 110 valence electrons. The van der Waals surface area contributed by atoms with Crippen LogP contribution in [0.1, 0.15) is 24.0 Å². The highest BCUT2D eigenvalue weighted by atomic mass is 35.5. The van der Waals surface area contributed by atoms with E-state index in [1.165, 1.54) is 11.3 Å². The third-order valence-corrected chi connectivity index (χ3v) is 6.96. The molecule has 1 aliphatic heterocycles. The number of nitrogens with zero attached hydrogens (tertiary/aromatic N) is 2. The minimum absolute atomic E-state index is 0. The molecule has 0 radical (unpaired) electrons. The van der Waals surface area contributed by atoms with Crippen LogP contribution in [0.4, 0.5) is 0 Å². The van der Waals surface area contributed by atoms with Gasteiger partial charge in [-0.25, -0.2) is 13.4 Å². The van der Waals surface area contributed by atoms with E-state index in [4.69, 9.17) is 5.73 Å². The van der Waals surface area contributed by atoms with Crippen LogP contribution in [-0.4, -0.2) is 37.3 Å². The molecule has 8 heteroatoms. The molecule has 2 rings (SSSR count). The second-order valence-electron chi connectivity index (χ2n) is 5.21. The first-order valence-corrected chi connectivity index (χ1v) is 8.18. The van der Waals surface area contributed by atoms with E-state index in [9.17, 15) is 8.42 Å². The van der Waals surface area contributed by atoms with Gasteiger partial charge in [-0.1, -0.05) is 6.92 Å². The normalized spacial score (nSPS) is 24.4. The molecule has 1 aromatic heterocycles. The molecule has 2 heterocycles. The maximum atomic E-state index is 12.5. The van der Waals surface area contributed by atoms with Gasteiger partial charge in [0.2, 0.25) is 0 Å². The quantitative estimate of drug-likeness (QED) is 0.914. The Morgan fingerprint density at radius 2 is 2.11 bits per heavy atom. The van der Waals surface area contributed by atoms with Gasteiger partial charge in [0.1, 0.15) is 0 Å². The van der Waals surface area contributed by atoms with E-state index in [0.29, 0.717) is 29.5 Å². The van der Waals surface area contributed by atoms with Crippen LogP contribution in [0.2, 0.25) is 0 Å². The fourth-order valence-corrected chi connectivity index (χ4v) is 5.43. The number of halogens is 1. The summed E-state index contributed by atoms with van der Waals surface area (Å²) >= 11 is 1.24. The smallest absolute Gasteiger partial charge is 0.254 e. The average Bonchev–Trinajstić information content (AvgIpc) is 2.84. The monoisotopic (exact) mass is 325 g/mol. The van der Waals surface area contributed by atoms with Crippen molar-refractivity contribution >= 4 is 33.8 Å². The molecule has 5 nitrogen and oxygen atoms in total. The Morgan fingerprint density at radius 3 is 2.53 bits per heavy atom. The molecule has 0 bridgehead atoms. The van der Waals surface area contributed by atoms with Crippen molar-refractivity contribution in [2.45, 2.75) is 31.4 Å². The first kappa shape index (κ1) is 16.8. The lowest BCUT2D eigenvalue weighted by molar-refractivity contribution is 0.350. The molecule has 1 unspecified atom stereocenters. The van der Waals surface area contributed by atoms with E-state index >= 15 is 0 Å². The number of nitrogens with two attached hydrogens (primary N) is 1. The van der Waals surface area contributed by atoms with Crippen LogP contribution < -0.4 is 5.73 Å². The highest BCUT2D eigenvalue weighted by molar-refractivity contribution is 7.91. The maximum absolute atomic E-state index is 12.5. The van der Waals surface area contributed by atoms with Crippen LogP contribution in [0.5, 0.6) is 0 Å². The van der Waals surface area contributed by atoms with E-state index < -0.39 is 10.0 Å². The van der Waals surface area contributed by atoms with Crippen molar-refractivity contribution in [3.63, 3.8) is 0 Å². The topological polar surface area (TPSA) is 76.3 Å². The molecule has 1 aliphatic rings. The van der Waals surface area contributed by atoms with Crippen LogP contribution in [-0.2, 0) is 10.0 Å². The second-order valence-corrected chi connectivity index (χ2v) is 8.55. The average molecular weight is 326 g/mol. The summed E-state index contributed by atoms with van der Waals surface area (Å²) in [6.07, 6.45) is 0.819. The van der Waals surface area contributed by atoms with Gasteiger partial charge in [0.25, 0.3) is 10.0 Å². The van der Waals surface area contributed by atoms with Gasteiger partial charge in [-0.15, -0.1) is 23.7 Å². The van der Waals surface area contributed by atoms with Crippen LogP contribution in [0.3, 0.4) is 0 Å². The molecular weight excluding hydrogens is 306 g/mol. The third-order valence-electron chi connectivity index (χ3n) is 3.45. The fraction of sp³-hybridized carbons (Fsp3) is 0.727. The SMILES string of the molecule is Cc1nc(C)c(S(=O)(=O)N2CCC(C)(CN)C2)s1.Cl. The summed E-state index contributed by atoms with van der Waals surface area (Å²) in [5, 5.41) is 0.784.